The van der Waals surface area contributed by atoms with Gasteiger partial charge >= 0.3 is 0 Å². The van der Waals surface area contributed by atoms with Crippen LogP contribution in [0.25, 0.3) is 0 Å². The fourth-order valence-corrected chi connectivity index (χ4v) is 3.78. The second kappa shape index (κ2) is 10.5. The average Bonchev–Trinajstić information content (AvgIpc) is 2.74. The molecule has 2 aromatic carbocycles. The van der Waals surface area contributed by atoms with Gasteiger partial charge in [0.2, 0.25) is 5.91 Å². The van der Waals surface area contributed by atoms with Crippen LogP contribution < -0.4 is 19.7 Å². The van der Waals surface area contributed by atoms with Crippen LogP contribution in [-0.2, 0) is 9.59 Å². The molecule has 0 unspecified atom stereocenters. The minimum Gasteiger partial charge on any atom is -0.485 e. The van der Waals surface area contributed by atoms with Gasteiger partial charge in [-0.05, 0) is 64.2 Å². The molecule has 1 aliphatic rings. The number of hydrogen-bond donors (Lipinski definition) is 1. The Hall–Kier alpha value is -3.39. The number of likely N-dealkylation sites (N-methyl/N-ethyl adjacent to an activating group) is 1. The van der Waals surface area contributed by atoms with E-state index in [-0.39, 0.29) is 37.4 Å². The molecule has 1 heterocycles. The smallest absolute Gasteiger partial charge is 0.265 e. The van der Waals surface area contributed by atoms with E-state index in [0.717, 1.165) is 16.7 Å². The molecule has 0 aliphatic carbocycles. The molecule has 0 fully saturated rings. The summed E-state index contributed by atoms with van der Waals surface area (Å²) in [6.07, 6.45) is 0. The molecule has 2 amide bonds. The molecule has 33 heavy (non-hydrogen) atoms. The Morgan fingerprint density at radius 1 is 1.12 bits per heavy atom. The molecule has 2 aromatic rings. The van der Waals surface area contributed by atoms with Crippen LogP contribution in [0.5, 0.6) is 11.5 Å². The Bertz CT molecular complexity index is 1040. The molecule has 0 aromatic heterocycles. The maximum absolute atomic E-state index is 12.9. The number of anilines is 1. The largest absolute Gasteiger partial charge is 0.485 e. The first kappa shape index (κ1) is 24.3. The molecular formula is C25H31N3O5. The van der Waals surface area contributed by atoms with Crippen LogP contribution in [-0.4, -0.2) is 69.4 Å². The Morgan fingerprint density at radius 2 is 1.82 bits per heavy atom. The van der Waals surface area contributed by atoms with Gasteiger partial charge in [0.05, 0.1) is 5.69 Å². The predicted octanol–water partition coefficient (Wildman–Crippen LogP) is 2.28. The summed E-state index contributed by atoms with van der Waals surface area (Å²) >= 11 is 0. The summed E-state index contributed by atoms with van der Waals surface area (Å²) in [5.74, 6) is 0.311. The highest BCUT2D eigenvalue weighted by Gasteiger charge is 2.28. The normalized spacial score (nSPS) is 12.9. The molecular weight excluding hydrogens is 422 g/mol. The van der Waals surface area contributed by atoms with Gasteiger partial charge in [-0.15, -0.1) is 0 Å². The van der Waals surface area contributed by atoms with E-state index in [4.69, 9.17) is 9.47 Å². The van der Waals surface area contributed by atoms with Crippen LogP contribution in [0.3, 0.4) is 0 Å². The van der Waals surface area contributed by atoms with Crippen molar-refractivity contribution in [1.29, 1.82) is 0 Å². The SMILES string of the molecule is Cc1cc(C)c(OCC(=O)c2ccc3c(c2)N(CC(=O)NCCN(C)C)C(=O)CO3)c(C)c1. The molecule has 8 heteroatoms. The lowest BCUT2D eigenvalue weighted by molar-refractivity contribution is -0.125. The lowest BCUT2D eigenvalue weighted by Gasteiger charge is -2.29. The van der Waals surface area contributed by atoms with Crippen molar-refractivity contribution >= 4 is 23.3 Å². The molecule has 1 N–H and O–H groups in total. The zero-order valence-corrected chi connectivity index (χ0v) is 19.9. The molecule has 0 bridgehead atoms. The van der Waals surface area contributed by atoms with Crippen LogP contribution in [0.15, 0.2) is 30.3 Å². The number of carbonyl (C=O) groups excluding carboxylic acids is 3. The van der Waals surface area contributed by atoms with E-state index in [1.165, 1.54) is 4.90 Å². The number of rotatable bonds is 9. The predicted molar refractivity (Wildman–Crippen MR) is 126 cm³/mol. The summed E-state index contributed by atoms with van der Waals surface area (Å²) in [5.41, 5.74) is 3.86. The summed E-state index contributed by atoms with van der Waals surface area (Å²) in [5, 5.41) is 2.80. The van der Waals surface area contributed by atoms with Crippen molar-refractivity contribution in [3.05, 3.63) is 52.6 Å². The third-order valence-electron chi connectivity index (χ3n) is 5.36. The first-order valence-corrected chi connectivity index (χ1v) is 10.9. The number of ketones is 1. The number of ether oxygens (including phenoxy) is 2. The van der Waals surface area contributed by atoms with Crippen molar-refractivity contribution < 1.29 is 23.9 Å². The van der Waals surface area contributed by atoms with Crippen molar-refractivity contribution in [2.24, 2.45) is 0 Å². The van der Waals surface area contributed by atoms with E-state index < -0.39 is 0 Å². The number of amides is 2. The maximum atomic E-state index is 12.9. The summed E-state index contributed by atoms with van der Waals surface area (Å²) in [7, 11) is 3.83. The van der Waals surface area contributed by atoms with E-state index in [2.05, 4.69) is 5.32 Å². The Labute approximate surface area is 194 Å². The standard InChI is InChI=1S/C25H31N3O5/c1-16-10-17(2)25(18(3)11-16)33-14-21(29)19-6-7-22-20(12-19)28(24(31)15-32-22)13-23(30)26-8-9-27(4)5/h6-7,10-12H,8-9,13-15H2,1-5H3,(H,26,30). The highest BCUT2D eigenvalue weighted by molar-refractivity contribution is 6.04. The Balaban J connectivity index is 1.72. The summed E-state index contributed by atoms with van der Waals surface area (Å²) in [4.78, 5) is 41.0. The highest BCUT2D eigenvalue weighted by Crippen LogP contribution is 2.33. The van der Waals surface area contributed by atoms with Crippen molar-refractivity contribution in [1.82, 2.24) is 10.2 Å². The second-order valence-corrected chi connectivity index (χ2v) is 8.54. The fraction of sp³-hybridized carbons (Fsp3) is 0.400. The number of nitrogens with one attached hydrogen (secondary N) is 1. The quantitative estimate of drug-likeness (QED) is 0.586. The van der Waals surface area contributed by atoms with Crippen LogP contribution in [0.1, 0.15) is 27.0 Å². The molecule has 1 aliphatic heterocycles. The first-order chi connectivity index (χ1) is 15.7. The van der Waals surface area contributed by atoms with Gasteiger partial charge in [-0.25, -0.2) is 0 Å². The molecule has 0 radical (unpaired) electrons. The summed E-state index contributed by atoms with van der Waals surface area (Å²) in [6, 6.07) is 8.89. The minimum absolute atomic E-state index is 0.136. The third-order valence-corrected chi connectivity index (χ3v) is 5.36. The molecule has 0 atom stereocenters. The molecule has 0 spiro atoms. The van der Waals surface area contributed by atoms with Crippen molar-refractivity contribution in [2.45, 2.75) is 20.8 Å². The molecule has 176 valence electrons. The monoisotopic (exact) mass is 453 g/mol. The Morgan fingerprint density at radius 3 is 2.48 bits per heavy atom. The molecule has 0 saturated carbocycles. The van der Waals surface area contributed by atoms with Gasteiger partial charge in [-0.1, -0.05) is 17.7 Å². The average molecular weight is 454 g/mol. The third kappa shape index (κ3) is 6.10. The van der Waals surface area contributed by atoms with Gasteiger partial charge in [-0.3, -0.25) is 19.3 Å². The van der Waals surface area contributed by atoms with Crippen molar-refractivity contribution in [2.75, 3.05) is 51.8 Å². The van der Waals surface area contributed by atoms with Gasteiger partial charge in [0.1, 0.15) is 18.0 Å². The number of carbonyl (C=O) groups is 3. The number of fused-ring (bicyclic) bond motifs is 1. The van der Waals surface area contributed by atoms with E-state index in [9.17, 15) is 14.4 Å². The molecule has 3 rings (SSSR count). The maximum Gasteiger partial charge on any atom is 0.265 e. The topological polar surface area (TPSA) is 88.2 Å². The second-order valence-electron chi connectivity index (χ2n) is 8.54. The van der Waals surface area contributed by atoms with Crippen molar-refractivity contribution in [3.63, 3.8) is 0 Å². The fourth-order valence-electron chi connectivity index (χ4n) is 3.78. The highest BCUT2D eigenvalue weighted by atomic mass is 16.5. The van der Waals surface area contributed by atoms with Crippen LogP contribution >= 0.6 is 0 Å². The Kier molecular flexibility index (Phi) is 7.71. The van der Waals surface area contributed by atoms with Gasteiger partial charge in [-0.2, -0.15) is 0 Å². The number of hydrogen-bond acceptors (Lipinski definition) is 6. The lowest BCUT2D eigenvalue weighted by atomic mass is 10.1. The molecule has 8 nitrogen and oxygen atoms in total. The van der Waals surface area contributed by atoms with Crippen LogP contribution in [0.4, 0.5) is 5.69 Å². The summed E-state index contributed by atoms with van der Waals surface area (Å²) in [6.45, 7) is 6.65. The van der Waals surface area contributed by atoms with Gasteiger partial charge < -0.3 is 19.7 Å². The van der Waals surface area contributed by atoms with Crippen LogP contribution in [0, 0.1) is 20.8 Å². The van der Waals surface area contributed by atoms with Crippen molar-refractivity contribution in [3.8, 4) is 11.5 Å². The minimum atomic E-state index is -0.336. The number of nitrogens with zero attached hydrogens (tertiary/aromatic N) is 2. The summed E-state index contributed by atoms with van der Waals surface area (Å²) < 4.78 is 11.3. The number of benzene rings is 2. The molecule has 0 saturated heterocycles. The number of aryl methyl sites for hydroxylation is 3. The van der Waals surface area contributed by atoms with E-state index >= 15 is 0 Å². The lowest BCUT2D eigenvalue weighted by Crippen LogP contribution is -2.46. The first-order valence-electron chi connectivity index (χ1n) is 10.9. The zero-order valence-electron chi connectivity index (χ0n) is 19.9. The number of Topliss-reactive ketones (excluding diaryl/α,β-unsaturated/α-hetero) is 1. The van der Waals surface area contributed by atoms with E-state index in [1.54, 1.807) is 18.2 Å². The van der Waals surface area contributed by atoms with Gasteiger partial charge in [0.15, 0.2) is 19.0 Å². The van der Waals surface area contributed by atoms with Gasteiger partial charge in [0, 0.05) is 18.7 Å². The van der Waals surface area contributed by atoms with Crippen LogP contribution in [0.2, 0.25) is 0 Å². The van der Waals surface area contributed by atoms with E-state index in [0.29, 0.717) is 35.8 Å². The zero-order chi connectivity index (χ0) is 24.1. The van der Waals surface area contributed by atoms with Gasteiger partial charge in [0.25, 0.3) is 5.91 Å². The van der Waals surface area contributed by atoms with E-state index in [1.807, 2.05) is 51.9 Å².